The molecular formula is C26H30F3N7O3. The first-order valence-electron chi connectivity index (χ1n) is 13.5. The van der Waals surface area contributed by atoms with E-state index < -0.39 is 30.0 Å². The average Bonchev–Trinajstić information content (AvgIpc) is 3.50. The molecule has 0 aliphatic heterocycles. The predicted octanol–water partition coefficient (Wildman–Crippen LogP) is 4.03. The molecule has 3 aromatic heterocycles. The standard InChI is InChI=1S/C26H30F3N7O3/c1-13-21(35-39-34-13)25(38)33-23(15-6-8-26(28,29)9-7-15)19-12-36-20(31-19)10-16(11-30-36)22(14-2-3-14)32-24(37)17-4-5-18(17)27/h10-12,14-15,17-18,22-23H,2-9H2,1H3,(H,32,37)(H,33,38)/t17-,18-,22?,23+/m1/s1. The minimum Gasteiger partial charge on any atom is -0.349 e. The molecule has 3 saturated carbocycles. The number of imidazole rings is 1. The van der Waals surface area contributed by atoms with Crippen LogP contribution in [0.25, 0.3) is 5.65 Å². The van der Waals surface area contributed by atoms with Crippen molar-refractivity contribution in [2.45, 2.75) is 82.5 Å². The Kier molecular flexibility index (Phi) is 6.54. The van der Waals surface area contributed by atoms with Crippen molar-refractivity contribution in [1.29, 1.82) is 0 Å². The number of nitrogens with zero attached hydrogens (tertiary/aromatic N) is 5. The molecule has 208 valence electrons. The molecule has 2 N–H and O–H groups in total. The van der Waals surface area contributed by atoms with Crippen molar-refractivity contribution >= 4 is 17.5 Å². The summed E-state index contributed by atoms with van der Waals surface area (Å²) in [5, 5.41) is 17.7. The summed E-state index contributed by atoms with van der Waals surface area (Å²) in [6.07, 6.45) is 5.01. The molecule has 0 bridgehead atoms. The average molecular weight is 546 g/mol. The van der Waals surface area contributed by atoms with Crippen molar-refractivity contribution in [3.8, 4) is 0 Å². The fraction of sp³-hybridized carbons (Fsp3) is 0.615. The lowest BCUT2D eigenvalue weighted by atomic mass is 9.81. The number of fused-ring (bicyclic) bond motifs is 1. The zero-order chi connectivity index (χ0) is 27.3. The molecule has 0 aromatic carbocycles. The smallest absolute Gasteiger partial charge is 0.276 e. The highest BCUT2D eigenvalue weighted by Gasteiger charge is 2.41. The molecule has 0 spiro atoms. The summed E-state index contributed by atoms with van der Waals surface area (Å²) in [6, 6.07) is 0.878. The SMILES string of the molecule is Cc1nonc1C(=O)N[C@H](c1cn2ncc(C(NC(=O)[C@@H]3CC[C@H]3F)C3CC3)cc2n1)C1CCC(F)(F)CC1. The highest BCUT2D eigenvalue weighted by molar-refractivity contribution is 5.93. The van der Waals surface area contributed by atoms with E-state index in [1.165, 1.54) is 0 Å². The minimum atomic E-state index is -2.73. The van der Waals surface area contributed by atoms with Gasteiger partial charge in [-0.25, -0.2) is 27.3 Å². The van der Waals surface area contributed by atoms with Crippen molar-refractivity contribution in [2.75, 3.05) is 0 Å². The summed E-state index contributed by atoms with van der Waals surface area (Å²) in [4.78, 5) is 30.4. The number of aryl methyl sites for hydroxylation is 1. The number of halogens is 3. The monoisotopic (exact) mass is 545 g/mol. The number of carbonyl (C=O) groups is 2. The van der Waals surface area contributed by atoms with Crippen molar-refractivity contribution in [1.82, 2.24) is 35.5 Å². The molecular weight excluding hydrogens is 515 g/mol. The maximum atomic E-state index is 13.9. The van der Waals surface area contributed by atoms with Crippen LogP contribution < -0.4 is 10.6 Å². The molecule has 3 aliphatic carbocycles. The van der Waals surface area contributed by atoms with Gasteiger partial charge in [0.25, 0.3) is 5.91 Å². The molecule has 3 heterocycles. The highest BCUT2D eigenvalue weighted by Crippen LogP contribution is 2.43. The predicted molar refractivity (Wildman–Crippen MR) is 130 cm³/mol. The Labute approximate surface area is 222 Å². The van der Waals surface area contributed by atoms with Gasteiger partial charge in [-0.05, 0) is 74.1 Å². The second kappa shape index (κ2) is 9.91. The summed E-state index contributed by atoms with van der Waals surface area (Å²) in [7, 11) is 0. The van der Waals surface area contributed by atoms with E-state index in [0.717, 1.165) is 18.4 Å². The van der Waals surface area contributed by atoms with Crippen molar-refractivity contribution in [2.24, 2.45) is 17.8 Å². The third-order valence-corrected chi connectivity index (χ3v) is 8.34. The Morgan fingerprint density at radius 1 is 1.05 bits per heavy atom. The number of hydrogen-bond acceptors (Lipinski definition) is 7. The summed E-state index contributed by atoms with van der Waals surface area (Å²) >= 11 is 0. The number of amides is 2. The zero-order valence-electron chi connectivity index (χ0n) is 21.4. The summed E-state index contributed by atoms with van der Waals surface area (Å²) in [5.74, 6) is -4.15. The Balaban J connectivity index is 1.27. The first-order chi connectivity index (χ1) is 18.7. The van der Waals surface area contributed by atoms with Gasteiger partial charge in [-0.1, -0.05) is 5.16 Å². The third-order valence-electron chi connectivity index (χ3n) is 8.34. The summed E-state index contributed by atoms with van der Waals surface area (Å²) < 4.78 is 47.9. The number of hydrogen-bond donors (Lipinski definition) is 2. The van der Waals surface area contributed by atoms with Gasteiger partial charge in [-0.3, -0.25) is 9.59 Å². The Bertz CT molecular complexity index is 1380. The molecule has 0 saturated heterocycles. The van der Waals surface area contributed by atoms with Crippen LogP contribution >= 0.6 is 0 Å². The lowest BCUT2D eigenvalue weighted by Gasteiger charge is -2.33. The fourth-order valence-corrected chi connectivity index (χ4v) is 5.62. The molecule has 3 fully saturated rings. The molecule has 1 unspecified atom stereocenters. The van der Waals surface area contributed by atoms with Crippen molar-refractivity contribution in [3.05, 3.63) is 41.1 Å². The van der Waals surface area contributed by atoms with Gasteiger partial charge in [0, 0.05) is 12.8 Å². The number of nitrogens with one attached hydrogen (secondary N) is 2. The van der Waals surface area contributed by atoms with E-state index in [4.69, 9.17) is 4.98 Å². The van der Waals surface area contributed by atoms with E-state index in [2.05, 4.69) is 30.7 Å². The molecule has 6 rings (SSSR count). The van der Waals surface area contributed by atoms with E-state index in [1.807, 2.05) is 6.07 Å². The molecule has 4 atom stereocenters. The Morgan fingerprint density at radius 2 is 1.79 bits per heavy atom. The van der Waals surface area contributed by atoms with Gasteiger partial charge in [0.2, 0.25) is 11.8 Å². The van der Waals surface area contributed by atoms with E-state index in [0.29, 0.717) is 29.9 Å². The number of carbonyl (C=O) groups excluding carboxylic acids is 2. The van der Waals surface area contributed by atoms with Gasteiger partial charge in [-0.2, -0.15) is 5.10 Å². The zero-order valence-corrected chi connectivity index (χ0v) is 21.4. The van der Waals surface area contributed by atoms with Crippen LogP contribution in [0.15, 0.2) is 23.1 Å². The van der Waals surface area contributed by atoms with Gasteiger partial charge < -0.3 is 10.6 Å². The Hall–Kier alpha value is -3.51. The van der Waals surface area contributed by atoms with Gasteiger partial charge >= 0.3 is 0 Å². The van der Waals surface area contributed by atoms with E-state index in [9.17, 15) is 22.8 Å². The quantitative estimate of drug-likeness (QED) is 0.438. The molecule has 3 aliphatic rings. The number of rotatable bonds is 8. The van der Waals surface area contributed by atoms with E-state index in [1.54, 1.807) is 23.8 Å². The topological polar surface area (TPSA) is 127 Å². The van der Waals surface area contributed by atoms with Gasteiger partial charge in [0.15, 0.2) is 11.3 Å². The number of alkyl halides is 3. The van der Waals surface area contributed by atoms with Crippen LogP contribution in [0.1, 0.15) is 90.9 Å². The Morgan fingerprint density at radius 3 is 2.41 bits per heavy atom. The first-order valence-corrected chi connectivity index (χ1v) is 13.5. The van der Waals surface area contributed by atoms with Crippen LogP contribution in [0.5, 0.6) is 0 Å². The van der Waals surface area contributed by atoms with Gasteiger partial charge in [-0.15, -0.1) is 0 Å². The summed E-state index contributed by atoms with van der Waals surface area (Å²) in [6.45, 7) is 1.59. The normalized spacial score (nSPS) is 24.6. The molecule has 39 heavy (non-hydrogen) atoms. The van der Waals surface area contributed by atoms with Crippen molar-refractivity contribution < 1.29 is 27.4 Å². The van der Waals surface area contributed by atoms with Crippen LogP contribution in [0.2, 0.25) is 0 Å². The second-order valence-corrected chi connectivity index (χ2v) is 11.1. The largest absolute Gasteiger partial charge is 0.349 e. The van der Waals surface area contributed by atoms with Crippen LogP contribution in [-0.2, 0) is 4.79 Å². The van der Waals surface area contributed by atoms with Crippen LogP contribution in [-0.4, -0.2) is 48.8 Å². The molecule has 13 heteroatoms. The highest BCUT2D eigenvalue weighted by atomic mass is 19.3. The maximum Gasteiger partial charge on any atom is 0.276 e. The summed E-state index contributed by atoms with van der Waals surface area (Å²) in [5.41, 5.74) is 2.09. The van der Waals surface area contributed by atoms with Crippen LogP contribution in [0.4, 0.5) is 13.2 Å². The van der Waals surface area contributed by atoms with Gasteiger partial charge in [0.05, 0.1) is 36.1 Å². The lowest BCUT2D eigenvalue weighted by molar-refractivity contribution is -0.131. The van der Waals surface area contributed by atoms with Crippen LogP contribution in [0, 0.1) is 24.7 Å². The molecule has 2 amide bonds. The first kappa shape index (κ1) is 25.8. The van der Waals surface area contributed by atoms with E-state index >= 15 is 0 Å². The van der Waals surface area contributed by atoms with E-state index in [-0.39, 0.29) is 55.2 Å². The van der Waals surface area contributed by atoms with Crippen LogP contribution in [0.3, 0.4) is 0 Å². The maximum absolute atomic E-state index is 13.9. The fourth-order valence-electron chi connectivity index (χ4n) is 5.62. The van der Waals surface area contributed by atoms with Crippen molar-refractivity contribution in [3.63, 3.8) is 0 Å². The molecule has 10 nitrogen and oxygen atoms in total. The molecule has 0 radical (unpaired) electrons. The van der Waals surface area contributed by atoms with Gasteiger partial charge in [0.1, 0.15) is 11.9 Å². The second-order valence-electron chi connectivity index (χ2n) is 11.1. The minimum absolute atomic E-state index is 0.0234. The molecule has 3 aromatic rings. The lowest BCUT2D eigenvalue weighted by Crippen LogP contribution is -2.43. The third kappa shape index (κ3) is 5.22. The number of aromatic nitrogens is 5.